The maximum atomic E-state index is 14.1. The smallest absolute Gasteiger partial charge is 0.240 e. The van der Waals surface area contributed by atoms with E-state index in [0.717, 1.165) is 5.56 Å². The van der Waals surface area contributed by atoms with Crippen molar-refractivity contribution in [3.05, 3.63) is 47.8 Å². The van der Waals surface area contributed by atoms with Crippen molar-refractivity contribution in [3.8, 4) is 17.1 Å². The molecule has 1 N–H and O–H groups in total. The van der Waals surface area contributed by atoms with Crippen molar-refractivity contribution in [2.45, 2.75) is 51.2 Å². The third-order valence-corrected chi connectivity index (χ3v) is 7.35. The number of nitrogens with one attached hydrogen (secondary N) is 1. The highest BCUT2D eigenvalue weighted by Crippen LogP contribution is 2.37. The zero-order valence-electron chi connectivity index (χ0n) is 20.7. The quantitative estimate of drug-likeness (QED) is 0.452. The van der Waals surface area contributed by atoms with Gasteiger partial charge < -0.3 is 14.2 Å². The number of methoxy groups -OCH3 is 1. The number of halogens is 1. The second-order valence-corrected chi connectivity index (χ2v) is 10.9. The lowest BCUT2D eigenvalue weighted by molar-refractivity contribution is 0.00152. The van der Waals surface area contributed by atoms with Gasteiger partial charge in [-0.25, -0.2) is 22.8 Å². The number of nitrogens with zero attached hydrogens (tertiary/aromatic N) is 5. The molecule has 11 nitrogen and oxygen atoms in total. The molecule has 0 bridgehead atoms. The Hall–Kier alpha value is -3.16. The summed E-state index contributed by atoms with van der Waals surface area (Å²) in [5, 5.41) is 7.16. The zero-order valence-corrected chi connectivity index (χ0v) is 21.5. The third-order valence-electron chi connectivity index (χ3n) is 5.66. The number of ether oxygens (including phenoxy) is 3. The maximum Gasteiger partial charge on any atom is 0.240 e. The van der Waals surface area contributed by atoms with Gasteiger partial charge in [-0.15, -0.1) is 10.2 Å². The fourth-order valence-electron chi connectivity index (χ4n) is 3.88. The van der Waals surface area contributed by atoms with Crippen molar-refractivity contribution in [1.82, 2.24) is 24.7 Å². The normalized spacial score (nSPS) is 17.0. The van der Waals surface area contributed by atoms with Gasteiger partial charge in [0.1, 0.15) is 29.5 Å². The first kappa shape index (κ1) is 25.9. The Kier molecular flexibility index (Phi) is 7.52. The van der Waals surface area contributed by atoms with Gasteiger partial charge >= 0.3 is 0 Å². The van der Waals surface area contributed by atoms with Crippen LogP contribution in [0.25, 0.3) is 11.4 Å². The largest absolute Gasteiger partial charge is 0.491 e. The highest BCUT2D eigenvalue weighted by atomic mass is 32.2. The van der Waals surface area contributed by atoms with Gasteiger partial charge in [-0.05, 0) is 51.5 Å². The van der Waals surface area contributed by atoms with Crippen molar-refractivity contribution in [1.29, 1.82) is 0 Å². The van der Waals surface area contributed by atoms with E-state index in [1.54, 1.807) is 30.8 Å². The van der Waals surface area contributed by atoms with Crippen LogP contribution in [0.3, 0.4) is 0 Å². The Morgan fingerprint density at radius 3 is 2.61 bits per heavy atom. The van der Waals surface area contributed by atoms with E-state index in [9.17, 15) is 12.8 Å². The first-order valence-corrected chi connectivity index (χ1v) is 13.0. The standard InChI is InChI=1S/C23H29FN6O5S/c1-13(2)35-20(21-25-9-14(3)10-26-21)15(4)36(31,32)29-23-28-27-22-18-8-16(24)6-7-19(18)34-12-17(11-33-5)30(22)23/h6-10,13,15,17,20H,11-12H2,1-5H3,(H,28,29)/t15-,17-,20+/m0/s1. The van der Waals surface area contributed by atoms with Crippen LogP contribution in [0.5, 0.6) is 5.75 Å². The predicted octanol–water partition coefficient (Wildman–Crippen LogP) is 3.06. The Bertz CT molecular complexity index is 1320. The number of hydrogen-bond acceptors (Lipinski definition) is 9. The minimum absolute atomic E-state index is 0.0484. The van der Waals surface area contributed by atoms with Crippen LogP contribution in [0.15, 0.2) is 30.6 Å². The molecule has 0 amide bonds. The second kappa shape index (κ2) is 10.4. The molecule has 1 aliphatic rings. The molecule has 3 aromatic rings. The fourth-order valence-corrected chi connectivity index (χ4v) is 4.97. The van der Waals surface area contributed by atoms with Gasteiger partial charge in [-0.2, -0.15) is 0 Å². The van der Waals surface area contributed by atoms with Gasteiger partial charge in [0, 0.05) is 19.5 Å². The Morgan fingerprint density at radius 1 is 1.22 bits per heavy atom. The molecule has 3 heterocycles. The summed E-state index contributed by atoms with van der Waals surface area (Å²) >= 11 is 0. The van der Waals surface area contributed by atoms with Crippen LogP contribution >= 0.6 is 0 Å². The van der Waals surface area contributed by atoms with Crippen molar-refractivity contribution in [2.75, 3.05) is 25.0 Å². The molecule has 0 saturated heterocycles. The lowest BCUT2D eigenvalue weighted by Gasteiger charge is -2.26. The van der Waals surface area contributed by atoms with E-state index in [1.165, 1.54) is 32.2 Å². The summed E-state index contributed by atoms with van der Waals surface area (Å²) in [4.78, 5) is 8.57. The molecule has 0 radical (unpaired) electrons. The molecule has 0 spiro atoms. The molecule has 0 aliphatic carbocycles. The molecule has 0 saturated carbocycles. The molecule has 194 valence electrons. The van der Waals surface area contributed by atoms with Crippen LogP contribution < -0.4 is 9.46 Å². The van der Waals surface area contributed by atoms with Crippen molar-refractivity contribution in [2.24, 2.45) is 0 Å². The summed E-state index contributed by atoms with van der Waals surface area (Å²) < 4.78 is 62.3. The SMILES string of the molecule is COC[C@H]1COc2ccc(F)cc2-c2nnc(NS(=O)(=O)[C@@H](C)[C@@H](OC(C)C)c3ncc(C)cn3)n21. The molecule has 3 atom stereocenters. The van der Waals surface area contributed by atoms with Gasteiger partial charge in [0.15, 0.2) is 11.6 Å². The number of aromatic nitrogens is 5. The van der Waals surface area contributed by atoms with Gasteiger partial charge in [0.25, 0.3) is 0 Å². The number of hydrogen-bond donors (Lipinski definition) is 1. The molecular formula is C23H29FN6O5S. The fraction of sp³-hybridized carbons (Fsp3) is 0.478. The van der Waals surface area contributed by atoms with E-state index in [0.29, 0.717) is 11.3 Å². The number of anilines is 1. The summed E-state index contributed by atoms with van der Waals surface area (Å²) in [5.41, 5.74) is 1.19. The van der Waals surface area contributed by atoms with E-state index in [4.69, 9.17) is 14.2 Å². The summed E-state index contributed by atoms with van der Waals surface area (Å²) in [6.45, 7) is 7.28. The van der Waals surface area contributed by atoms with Crippen molar-refractivity contribution in [3.63, 3.8) is 0 Å². The van der Waals surface area contributed by atoms with Crippen LogP contribution in [-0.2, 0) is 19.5 Å². The Labute approximate surface area is 209 Å². The number of rotatable bonds is 9. The molecule has 1 aromatic carbocycles. The first-order valence-electron chi connectivity index (χ1n) is 11.4. The number of benzene rings is 1. The van der Waals surface area contributed by atoms with Crippen LogP contribution in [0.1, 0.15) is 44.3 Å². The molecule has 4 rings (SSSR count). The highest BCUT2D eigenvalue weighted by molar-refractivity contribution is 7.93. The van der Waals surface area contributed by atoms with Crippen LogP contribution in [-0.4, -0.2) is 64.8 Å². The Morgan fingerprint density at radius 2 is 1.94 bits per heavy atom. The van der Waals surface area contributed by atoms with Crippen LogP contribution in [0, 0.1) is 12.7 Å². The summed E-state index contributed by atoms with van der Waals surface area (Å²) in [6.07, 6.45) is 1.99. The maximum absolute atomic E-state index is 14.1. The van der Waals surface area contributed by atoms with Crippen molar-refractivity contribution >= 4 is 16.0 Å². The molecule has 13 heteroatoms. The molecule has 0 unspecified atom stereocenters. The van der Waals surface area contributed by atoms with E-state index in [2.05, 4.69) is 24.9 Å². The van der Waals surface area contributed by atoms with Gasteiger partial charge in [0.2, 0.25) is 16.0 Å². The first-order chi connectivity index (χ1) is 17.1. The molecule has 0 fully saturated rings. The third kappa shape index (κ3) is 5.32. The lowest BCUT2D eigenvalue weighted by atomic mass is 10.2. The number of sulfonamides is 1. The molecular weight excluding hydrogens is 491 g/mol. The van der Waals surface area contributed by atoms with Crippen molar-refractivity contribution < 1.29 is 27.0 Å². The van der Waals surface area contributed by atoms with E-state index in [-0.39, 0.29) is 36.9 Å². The molecule has 36 heavy (non-hydrogen) atoms. The minimum atomic E-state index is -4.09. The predicted molar refractivity (Wildman–Crippen MR) is 130 cm³/mol. The summed E-state index contributed by atoms with van der Waals surface area (Å²) in [6, 6.07) is 3.57. The number of aryl methyl sites for hydroxylation is 1. The van der Waals surface area contributed by atoms with Gasteiger partial charge in [-0.1, -0.05) is 0 Å². The summed E-state index contributed by atoms with van der Waals surface area (Å²) in [7, 11) is -2.57. The highest BCUT2D eigenvalue weighted by Gasteiger charge is 2.37. The molecule has 1 aliphatic heterocycles. The second-order valence-electron chi connectivity index (χ2n) is 8.85. The molecule has 2 aromatic heterocycles. The average Bonchev–Trinajstić information content (AvgIpc) is 3.16. The summed E-state index contributed by atoms with van der Waals surface area (Å²) in [5.74, 6) is 0.384. The minimum Gasteiger partial charge on any atom is -0.491 e. The van der Waals surface area contributed by atoms with E-state index < -0.39 is 33.2 Å². The number of fused-ring (bicyclic) bond motifs is 3. The zero-order chi connectivity index (χ0) is 26.0. The van der Waals surface area contributed by atoms with Crippen LogP contribution in [0.4, 0.5) is 10.3 Å². The van der Waals surface area contributed by atoms with E-state index >= 15 is 0 Å². The monoisotopic (exact) mass is 520 g/mol. The van der Waals surface area contributed by atoms with Gasteiger partial charge in [-0.3, -0.25) is 9.29 Å². The van der Waals surface area contributed by atoms with Gasteiger partial charge in [0.05, 0.1) is 24.3 Å². The topological polar surface area (TPSA) is 130 Å². The van der Waals surface area contributed by atoms with Crippen LogP contribution in [0.2, 0.25) is 0 Å². The van der Waals surface area contributed by atoms with E-state index in [1.807, 2.05) is 6.92 Å². The average molecular weight is 521 g/mol. The Balaban J connectivity index is 1.72. The lowest BCUT2D eigenvalue weighted by Crippen LogP contribution is -2.35.